The van der Waals surface area contributed by atoms with E-state index in [1.165, 1.54) is 0 Å². The lowest BCUT2D eigenvalue weighted by Crippen LogP contribution is -2.50. The van der Waals surface area contributed by atoms with Gasteiger partial charge in [0, 0.05) is 31.2 Å². The fraction of sp³-hybridized carbons (Fsp3) is 0.467. The summed E-state index contributed by atoms with van der Waals surface area (Å²) in [7, 11) is 0. The molecule has 1 aliphatic carbocycles. The first-order chi connectivity index (χ1) is 9.72. The second-order valence-corrected chi connectivity index (χ2v) is 5.54. The summed E-state index contributed by atoms with van der Waals surface area (Å²) in [6.45, 7) is 2.04. The summed E-state index contributed by atoms with van der Waals surface area (Å²) in [5, 5.41) is 8.92. The van der Waals surface area contributed by atoms with Gasteiger partial charge in [0.05, 0.1) is 5.92 Å². The van der Waals surface area contributed by atoms with E-state index >= 15 is 0 Å². The maximum atomic E-state index is 11.7. The van der Waals surface area contributed by atoms with E-state index in [0.29, 0.717) is 6.54 Å². The Hall–Kier alpha value is -1.88. The lowest BCUT2D eigenvalue weighted by molar-refractivity contribution is -0.126. The van der Waals surface area contributed by atoms with Crippen LogP contribution in [0.15, 0.2) is 24.3 Å². The van der Waals surface area contributed by atoms with Crippen molar-refractivity contribution in [1.29, 1.82) is 0 Å². The molecule has 106 valence electrons. The van der Waals surface area contributed by atoms with Crippen molar-refractivity contribution in [1.82, 2.24) is 10.6 Å². The van der Waals surface area contributed by atoms with Crippen LogP contribution in [0.4, 0.5) is 5.69 Å². The van der Waals surface area contributed by atoms with Crippen molar-refractivity contribution in [3.8, 4) is 0 Å². The van der Waals surface area contributed by atoms with Crippen LogP contribution in [0.1, 0.15) is 18.4 Å². The lowest BCUT2D eigenvalue weighted by Gasteiger charge is -2.25. The van der Waals surface area contributed by atoms with E-state index in [1.54, 1.807) is 0 Å². The molecule has 0 unspecified atom stereocenters. The predicted octanol–water partition coefficient (Wildman–Crippen LogP) is 0.871. The molecule has 0 aromatic heterocycles. The number of benzene rings is 1. The topological polar surface area (TPSA) is 70.2 Å². The van der Waals surface area contributed by atoms with Crippen LogP contribution in [-0.2, 0) is 16.1 Å². The number of nitrogens with one attached hydrogen (secondary N) is 3. The standard InChI is InChI=1S/C15H19N3O2/c19-14(12-8-16-9-12)17-7-10-2-1-3-13(6-10)18-15(20)11-4-5-11/h1-3,6,11-12,16H,4-5,7-9H2,(H,17,19)(H,18,20). The molecule has 0 atom stereocenters. The molecule has 20 heavy (non-hydrogen) atoms. The van der Waals surface area contributed by atoms with Gasteiger partial charge in [-0.25, -0.2) is 0 Å². The molecule has 1 heterocycles. The van der Waals surface area contributed by atoms with Crippen LogP contribution < -0.4 is 16.0 Å². The second-order valence-electron chi connectivity index (χ2n) is 5.54. The van der Waals surface area contributed by atoms with Gasteiger partial charge in [-0.1, -0.05) is 12.1 Å². The van der Waals surface area contributed by atoms with Crippen LogP contribution >= 0.6 is 0 Å². The zero-order valence-electron chi connectivity index (χ0n) is 11.3. The van der Waals surface area contributed by atoms with E-state index in [0.717, 1.165) is 37.2 Å². The molecular formula is C15H19N3O2. The average molecular weight is 273 g/mol. The summed E-state index contributed by atoms with van der Waals surface area (Å²) in [6, 6.07) is 7.64. The van der Waals surface area contributed by atoms with Gasteiger partial charge in [0.2, 0.25) is 11.8 Å². The molecule has 5 nitrogen and oxygen atoms in total. The summed E-state index contributed by atoms with van der Waals surface area (Å²) in [4.78, 5) is 23.4. The van der Waals surface area contributed by atoms with Crippen molar-refractivity contribution in [2.75, 3.05) is 18.4 Å². The van der Waals surface area contributed by atoms with E-state index < -0.39 is 0 Å². The summed E-state index contributed by atoms with van der Waals surface area (Å²) in [5.41, 5.74) is 1.80. The Bertz CT molecular complexity index is 522. The summed E-state index contributed by atoms with van der Waals surface area (Å²) in [5.74, 6) is 0.500. The SMILES string of the molecule is O=C(NCc1cccc(NC(=O)C2CC2)c1)C1CNC1. The Kier molecular flexibility index (Phi) is 3.69. The first-order valence-electron chi connectivity index (χ1n) is 7.10. The summed E-state index contributed by atoms with van der Waals surface area (Å²) >= 11 is 0. The molecule has 1 aromatic rings. The number of hydrogen-bond acceptors (Lipinski definition) is 3. The van der Waals surface area contributed by atoms with Gasteiger partial charge in [0.1, 0.15) is 0 Å². The monoisotopic (exact) mass is 273 g/mol. The highest BCUT2D eigenvalue weighted by molar-refractivity contribution is 5.94. The largest absolute Gasteiger partial charge is 0.352 e. The zero-order chi connectivity index (χ0) is 13.9. The summed E-state index contributed by atoms with van der Waals surface area (Å²) in [6.07, 6.45) is 1.99. The number of rotatable bonds is 5. The molecule has 3 N–H and O–H groups in total. The minimum atomic E-state index is 0.0937. The molecule has 2 aliphatic rings. The molecular weight excluding hydrogens is 254 g/mol. The highest BCUT2D eigenvalue weighted by Gasteiger charge is 2.29. The average Bonchev–Trinajstić information content (AvgIpc) is 3.19. The maximum absolute atomic E-state index is 11.7. The fourth-order valence-electron chi connectivity index (χ4n) is 2.16. The number of carbonyl (C=O) groups is 2. The van der Waals surface area contributed by atoms with Crippen LogP contribution in [0, 0.1) is 11.8 Å². The highest BCUT2D eigenvalue weighted by atomic mass is 16.2. The van der Waals surface area contributed by atoms with Crippen LogP contribution in [0.5, 0.6) is 0 Å². The van der Waals surface area contributed by atoms with Gasteiger partial charge < -0.3 is 16.0 Å². The summed E-state index contributed by atoms with van der Waals surface area (Å²) < 4.78 is 0. The molecule has 2 amide bonds. The van der Waals surface area contributed by atoms with Crippen LogP contribution in [-0.4, -0.2) is 24.9 Å². The van der Waals surface area contributed by atoms with Crippen LogP contribution in [0.2, 0.25) is 0 Å². The molecule has 1 aliphatic heterocycles. The number of amides is 2. The predicted molar refractivity (Wildman–Crippen MR) is 76.0 cm³/mol. The normalized spacial score (nSPS) is 18.2. The van der Waals surface area contributed by atoms with Crippen molar-refractivity contribution >= 4 is 17.5 Å². The Morgan fingerprint density at radius 3 is 2.60 bits per heavy atom. The van der Waals surface area contributed by atoms with Crippen molar-refractivity contribution in [2.45, 2.75) is 19.4 Å². The first kappa shape index (κ1) is 13.1. The quantitative estimate of drug-likeness (QED) is 0.745. The molecule has 1 saturated heterocycles. The number of carbonyl (C=O) groups excluding carboxylic acids is 2. The molecule has 5 heteroatoms. The Morgan fingerprint density at radius 2 is 1.95 bits per heavy atom. The minimum Gasteiger partial charge on any atom is -0.352 e. The Balaban J connectivity index is 1.53. The minimum absolute atomic E-state index is 0.0937. The van der Waals surface area contributed by atoms with Gasteiger partial charge >= 0.3 is 0 Å². The van der Waals surface area contributed by atoms with E-state index in [1.807, 2.05) is 24.3 Å². The van der Waals surface area contributed by atoms with Gasteiger partial charge in [-0.3, -0.25) is 9.59 Å². The number of anilines is 1. The zero-order valence-corrected chi connectivity index (χ0v) is 11.3. The third kappa shape index (κ3) is 3.17. The smallest absolute Gasteiger partial charge is 0.227 e. The van der Waals surface area contributed by atoms with E-state index in [4.69, 9.17) is 0 Å². The van der Waals surface area contributed by atoms with Crippen molar-refractivity contribution < 1.29 is 9.59 Å². The number of hydrogen-bond donors (Lipinski definition) is 3. The molecule has 1 aromatic carbocycles. The maximum Gasteiger partial charge on any atom is 0.227 e. The molecule has 1 saturated carbocycles. The van der Waals surface area contributed by atoms with Crippen molar-refractivity contribution in [3.05, 3.63) is 29.8 Å². The third-order valence-electron chi connectivity index (χ3n) is 3.76. The Morgan fingerprint density at radius 1 is 1.15 bits per heavy atom. The molecule has 0 radical (unpaired) electrons. The van der Waals surface area contributed by atoms with Crippen molar-refractivity contribution in [3.63, 3.8) is 0 Å². The Labute approximate surface area is 118 Å². The van der Waals surface area contributed by atoms with Crippen molar-refractivity contribution in [2.24, 2.45) is 11.8 Å². The van der Waals surface area contributed by atoms with E-state index in [2.05, 4.69) is 16.0 Å². The molecule has 0 spiro atoms. The van der Waals surface area contributed by atoms with Crippen LogP contribution in [0.3, 0.4) is 0 Å². The highest BCUT2D eigenvalue weighted by Crippen LogP contribution is 2.30. The second kappa shape index (κ2) is 5.63. The molecule has 3 rings (SSSR count). The van der Waals surface area contributed by atoms with Crippen LogP contribution in [0.25, 0.3) is 0 Å². The van der Waals surface area contributed by atoms with Gasteiger partial charge in [0.15, 0.2) is 0 Å². The third-order valence-corrected chi connectivity index (χ3v) is 3.76. The van der Waals surface area contributed by atoms with E-state index in [9.17, 15) is 9.59 Å². The molecule has 2 fully saturated rings. The molecule has 0 bridgehead atoms. The van der Waals surface area contributed by atoms with Gasteiger partial charge in [-0.05, 0) is 30.5 Å². The van der Waals surface area contributed by atoms with Gasteiger partial charge in [-0.2, -0.15) is 0 Å². The van der Waals surface area contributed by atoms with E-state index in [-0.39, 0.29) is 23.7 Å². The van der Waals surface area contributed by atoms with Gasteiger partial charge in [0.25, 0.3) is 0 Å². The lowest BCUT2D eigenvalue weighted by atomic mass is 10.0. The fourth-order valence-corrected chi connectivity index (χ4v) is 2.16. The first-order valence-corrected chi connectivity index (χ1v) is 7.10. The van der Waals surface area contributed by atoms with Gasteiger partial charge in [-0.15, -0.1) is 0 Å².